The van der Waals surface area contributed by atoms with E-state index in [-0.39, 0.29) is 57.3 Å². The van der Waals surface area contributed by atoms with Gasteiger partial charge in [0, 0.05) is 57.8 Å². The second-order valence-corrected chi connectivity index (χ2v) is 4.11. The van der Waals surface area contributed by atoms with Crippen LogP contribution in [0.2, 0.25) is 0 Å². The first-order chi connectivity index (χ1) is 7.31. The number of hydroxylamine groups is 1. The molecule has 0 aliphatic rings. The first kappa shape index (κ1) is 19.4. The standard InChI is InChI=1S/C12H25NO2.K/c1-2-3-4-5-6-7-8-9-10-11-12(14)13-15;/h15H,2-11H2,1H3,(H,13,14);. The molecule has 91 valence electrons. The Labute approximate surface area is 142 Å². The minimum absolute atomic E-state index is 0. The van der Waals surface area contributed by atoms with Crippen LogP contribution in [0.15, 0.2) is 0 Å². The molecule has 0 saturated heterocycles. The van der Waals surface area contributed by atoms with Gasteiger partial charge in [-0.2, -0.15) is 0 Å². The fourth-order valence-corrected chi connectivity index (χ4v) is 1.65. The van der Waals surface area contributed by atoms with E-state index < -0.39 is 0 Å². The normalized spacial score (nSPS) is 9.62. The Hall–Kier alpha value is 1.07. The van der Waals surface area contributed by atoms with Crippen molar-refractivity contribution in [1.29, 1.82) is 0 Å². The molecule has 0 rings (SSSR count). The molecular weight excluding hydrogens is 229 g/mol. The van der Waals surface area contributed by atoms with Crippen molar-refractivity contribution in [3.05, 3.63) is 0 Å². The molecule has 0 fully saturated rings. The van der Waals surface area contributed by atoms with Crippen LogP contribution in [0.5, 0.6) is 0 Å². The first-order valence-electron chi connectivity index (χ1n) is 6.24. The summed E-state index contributed by atoms with van der Waals surface area (Å²) in [7, 11) is 0. The van der Waals surface area contributed by atoms with E-state index in [2.05, 4.69) is 6.92 Å². The summed E-state index contributed by atoms with van der Waals surface area (Å²) < 4.78 is 0. The molecule has 1 amide bonds. The molecule has 0 heterocycles. The summed E-state index contributed by atoms with van der Waals surface area (Å²) in [4.78, 5) is 10.7. The molecule has 16 heavy (non-hydrogen) atoms. The minimum Gasteiger partial charge on any atom is -0.289 e. The summed E-state index contributed by atoms with van der Waals surface area (Å²) in [6.07, 6.45) is 11.6. The molecule has 0 aliphatic carbocycles. The van der Waals surface area contributed by atoms with Crippen molar-refractivity contribution in [3.63, 3.8) is 0 Å². The average Bonchev–Trinajstić information content (AvgIpc) is 2.26. The van der Waals surface area contributed by atoms with E-state index in [9.17, 15) is 4.79 Å². The molecule has 0 atom stereocenters. The second kappa shape index (κ2) is 16.1. The first-order valence-corrected chi connectivity index (χ1v) is 6.24. The molecule has 4 heteroatoms. The molecule has 0 bridgehead atoms. The zero-order chi connectivity index (χ0) is 11.4. The van der Waals surface area contributed by atoms with Crippen LogP contribution in [-0.4, -0.2) is 62.5 Å². The predicted octanol–water partition coefficient (Wildman–Crippen LogP) is 3.03. The van der Waals surface area contributed by atoms with Gasteiger partial charge in [-0.25, -0.2) is 5.48 Å². The molecule has 0 aromatic carbocycles. The fraction of sp³-hybridized carbons (Fsp3) is 0.917. The molecular formula is C12H25KNO2. The number of carbonyl (C=O) groups is 1. The van der Waals surface area contributed by atoms with Gasteiger partial charge in [0.2, 0.25) is 5.91 Å². The maximum Gasteiger partial charge on any atom is 0.243 e. The number of unbranched alkanes of at least 4 members (excludes halogenated alkanes) is 8. The number of hydrogen-bond acceptors (Lipinski definition) is 2. The molecule has 1 radical (unpaired) electrons. The number of hydrogen-bond donors (Lipinski definition) is 2. The minimum atomic E-state index is -0.266. The van der Waals surface area contributed by atoms with E-state index in [4.69, 9.17) is 5.21 Å². The summed E-state index contributed by atoms with van der Waals surface area (Å²) in [6.45, 7) is 2.23. The van der Waals surface area contributed by atoms with Gasteiger partial charge in [0.15, 0.2) is 0 Å². The van der Waals surface area contributed by atoms with Gasteiger partial charge in [-0.05, 0) is 6.42 Å². The molecule has 0 spiro atoms. The Morgan fingerprint density at radius 2 is 1.38 bits per heavy atom. The van der Waals surface area contributed by atoms with Crippen LogP contribution in [0.4, 0.5) is 0 Å². The summed E-state index contributed by atoms with van der Waals surface area (Å²) >= 11 is 0. The van der Waals surface area contributed by atoms with Crippen molar-refractivity contribution in [2.24, 2.45) is 0 Å². The zero-order valence-electron chi connectivity index (χ0n) is 10.9. The summed E-state index contributed by atoms with van der Waals surface area (Å²) in [5.74, 6) is -0.266. The summed E-state index contributed by atoms with van der Waals surface area (Å²) in [5.41, 5.74) is 1.65. The van der Waals surface area contributed by atoms with Crippen LogP contribution in [0.1, 0.15) is 71.1 Å². The van der Waals surface area contributed by atoms with E-state index in [1.165, 1.54) is 44.9 Å². The van der Waals surface area contributed by atoms with E-state index in [0.29, 0.717) is 6.42 Å². The molecule has 0 aromatic rings. The molecule has 0 aliphatic heterocycles. The van der Waals surface area contributed by atoms with E-state index in [1.54, 1.807) is 5.48 Å². The van der Waals surface area contributed by atoms with Crippen molar-refractivity contribution in [2.45, 2.75) is 71.1 Å². The van der Waals surface area contributed by atoms with Gasteiger partial charge < -0.3 is 0 Å². The third-order valence-electron chi connectivity index (χ3n) is 2.63. The smallest absolute Gasteiger partial charge is 0.243 e. The Bertz CT molecular complexity index is 154. The Morgan fingerprint density at radius 1 is 0.938 bits per heavy atom. The third kappa shape index (κ3) is 15.1. The second-order valence-electron chi connectivity index (χ2n) is 4.11. The largest absolute Gasteiger partial charge is 0.289 e. The summed E-state index contributed by atoms with van der Waals surface area (Å²) in [6, 6.07) is 0. The van der Waals surface area contributed by atoms with Crippen LogP contribution in [0, 0.1) is 0 Å². The van der Waals surface area contributed by atoms with Gasteiger partial charge in [0.1, 0.15) is 0 Å². The molecule has 3 nitrogen and oxygen atoms in total. The van der Waals surface area contributed by atoms with Crippen molar-refractivity contribution in [2.75, 3.05) is 0 Å². The van der Waals surface area contributed by atoms with Gasteiger partial charge in [0.25, 0.3) is 0 Å². The third-order valence-corrected chi connectivity index (χ3v) is 2.63. The molecule has 0 aromatic heterocycles. The molecule has 0 saturated carbocycles. The van der Waals surface area contributed by atoms with Crippen molar-refractivity contribution in [3.8, 4) is 0 Å². The SMILES string of the molecule is CCCCCCCCCCCC(=O)NO.[K]. The van der Waals surface area contributed by atoms with Crippen LogP contribution in [0.25, 0.3) is 0 Å². The predicted molar refractivity (Wildman–Crippen MR) is 67.5 cm³/mol. The van der Waals surface area contributed by atoms with Crippen LogP contribution >= 0.6 is 0 Å². The maximum absolute atomic E-state index is 10.7. The van der Waals surface area contributed by atoms with Crippen LogP contribution in [0.3, 0.4) is 0 Å². The molecule has 0 unspecified atom stereocenters. The quantitative estimate of drug-likeness (QED) is 0.272. The van der Waals surface area contributed by atoms with Crippen LogP contribution < -0.4 is 5.48 Å². The van der Waals surface area contributed by atoms with E-state index in [1.807, 2.05) is 0 Å². The molecule has 2 N–H and O–H groups in total. The van der Waals surface area contributed by atoms with Gasteiger partial charge >= 0.3 is 0 Å². The van der Waals surface area contributed by atoms with Crippen LogP contribution in [-0.2, 0) is 4.79 Å². The van der Waals surface area contributed by atoms with Crippen molar-refractivity contribution >= 4 is 57.3 Å². The topological polar surface area (TPSA) is 49.3 Å². The fourth-order valence-electron chi connectivity index (χ4n) is 1.65. The Balaban J connectivity index is 0. The van der Waals surface area contributed by atoms with Gasteiger partial charge in [-0.15, -0.1) is 0 Å². The monoisotopic (exact) mass is 254 g/mol. The number of nitrogens with one attached hydrogen (secondary N) is 1. The number of rotatable bonds is 10. The van der Waals surface area contributed by atoms with E-state index in [0.717, 1.165) is 12.8 Å². The van der Waals surface area contributed by atoms with E-state index >= 15 is 0 Å². The van der Waals surface area contributed by atoms with Gasteiger partial charge in [0.05, 0.1) is 0 Å². The van der Waals surface area contributed by atoms with Gasteiger partial charge in [-0.3, -0.25) is 10.0 Å². The average molecular weight is 254 g/mol. The number of carbonyl (C=O) groups excluding carboxylic acids is 1. The van der Waals surface area contributed by atoms with Gasteiger partial charge in [-0.1, -0.05) is 58.3 Å². The Kier molecular flexibility index (Phi) is 19.5. The maximum atomic E-state index is 10.7. The number of amides is 1. The summed E-state index contributed by atoms with van der Waals surface area (Å²) in [5, 5.41) is 8.26. The zero-order valence-corrected chi connectivity index (χ0v) is 14.0. The van der Waals surface area contributed by atoms with Crippen molar-refractivity contribution < 1.29 is 10.0 Å². The Morgan fingerprint density at radius 3 is 1.81 bits per heavy atom. The van der Waals surface area contributed by atoms with Crippen molar-refractivity contribution in [1.82, 2.24) is 5.48 Å².